The van der Waals surface area contributed by atoms with Gasteiger partial charge in [-0.15, -0.1) is 13.2 Å². The molecule has 1 aromatic heterocycles. The fraction of sp³-hybridized carbons (Fsp3) is 0.286. The van der Waals surface area contributed by atoms with E-state index < -0.39 is 29.4 Å². The lowest BCUT2D eigenvalue weighted by Gasteiger charge is -2.11. The van der Waals surface area contributed by atoms with Crippen molar-refractivity contribution in [3.8, 4) is 5.75 Å². The molecular weight excluding hydrogens is 245 g/mol. The number of anilines is 1. The summed E-state index contributed by atoms with van der Waals surface area (Å²) < 4.78 is 39.7. The average molecular weight is 252 g/mol. The Balaban J connectivity index is 3.37. The predicted octanol–water partition coefficient (Wildman–Crippen LogP) is 0.929. The number of pyridine rings is 1. The van der Waals surface area contributed by atoms with E-state index in [0.29, 0.717) is 0 Å². The number of halogens is 3. The highest BCUT2D eigenvalue weighted by atomic mass is 19.4. The van der Waals surface area contributed by atoms with Gasteiger partial charge in [0.05, 0.1) is 0 Å². The van der Waals surface area contributed by atoms with Crippen LogP contribution in [-0.4, -0.2) is 16.3 Å². The molecule has 0 aliphatic rings. The van der Waals surface area contributed by atoms with Gasteiger partial charge < -0.3 is 26.3 Å². The molecule has 10 heteroatoms. The Morgan fingerprint density at radius 3 is 2.53 bits per heavy atom. The van der Waals surface area contributed by atoms with Gasteiger partial charge in [-0.05, 0) is 9.91 Å². The van der Waals surface area contributed by atoms with E-state index in [9.17, 15) is 23.3 Å². The molecule has 0 fully saturated rings. The predicted molar refractivity (Wildman–Crippen MR) is 49.9 cm³/mol. The van der Waals surface area contributed by atoms with Gasteiger partial charge in [0.15, 0.2) is 0 Å². The van der Waals surface area contributed by atoms with E-state index >= 15 is 0 Å². The standard InChI is InChI=1S/C7H7F3N4O3/c8-7(9,10)17-5-3(2-11)1-4(12)13-6(5)14(15)16/h1H,2,11H2,(H2,12,13). The van der Waals surface area contributed by atoms with Crippen molar-refractivity contribution in [2.45, 2.75) is 12.9 Å². The third kappa shape index (κ3) is 3.17. The van der Waals surface area contributed by atoms with Gasteiger partial charge in [-0.1, -0.05) is 0 Å². The second kappa shape index (κ2) is 4.41. The molecule has 0 saturated heterocycles. The zero-order valence-corrected chi connectivity index (χ0v) is 8.19. The molecule has 0 amide bonds. The van der Waals surface area contributed by atoms with Crippen LogP contribution in [0.25, 0.3) is 0 Å². The number of nitro groups is 1. The van der Waals surface area contributed by atoms with E-state index in [-0.39, 0.29) is 11.4 Å². The highest BCUT2D eigenvalue weighted by Crippen LogP contribution is 2.34. The van der Waals surface area contributed by atoms with Gasteiger partial charge in [-0.2, -0.15) is 0 Å². The number of hydrogen-bond acceptors (Lipinski definition) is 6. The van der Waals surface area contributed by atoms with Gasteiger partial charge in [-0.3, -0.25) is 0 Å². The lowest BCUT2D eigenvalue weighted by atomic mass is 10.2. The number of ether oxygens (including phenoxy) is 1. The minimum Gasteiger partial charge on any atom is -0.396 e. The van der Waals surface area contributed by atoms with Crippen LogP contribution in [0, 0.1) is 10.1 Å². The smallest absolute Gasteiger partial charge is 0.396 e. The molecule has 0 aliphatic carbocycles. The number of nitrogen functional groups attached to an aromatic ring is 1. The van der Waals surface area contributed by atoms with Crippen LogP contribution in [0.3, 0.4) is 0 Å². The summed E-state index contributed by atoms with van der Waals surface area (Å²) in [6.45, 7) is -0.404. The molecule has 94 valence electrons. The summed E-state index contributed by atoms with van der Waals surface area (Å²) in [5.74, 6) is -2.48. The van der Waals surface area contributed by atoms with E-state index in [1.54, 1.807) is 0 Å². The Hall–Kier alpha value is -2.10. The summed E-state index contributed by atoms with van der Waals surface area (Å²) >= 11 is 0. The van der Waals surface area contributed by atoms with Crippen LogP contribution in [0.2, 0.25) is 0 Å². The third-order valence-corrected chi connectivity index (χ3v) is 1.66. The van der Waals surface area contributed by atoms with Crippen molar-refractivity contribution in [1.82, 2.24) is 4.98 Å². The minimum atomic E-state index is -5.08. The lowest BCUT2D eigenvalue weighted by molar-refractivity contribution is -0.393. The van der Waals surface area contributed by atoms with Gasteiger partial charge in [0, 0.05) is 18.2 Å². The first-order chi connectivity index (χ1) is 7.74. The molecule has 0 aliphatic heterocycles. The highest BCUT2D eigenvalue weighted by molar-refractivity contribution is 5.52. The maximum absolute atomic E-state index is 12.1. The van der Waals surface area contributed by atoms with Gasteiger partial charge in [0.25, 0.3) is 0 Å². The molecule has 7 nitrogen and oxygen atoms in total. The van der Waals surface area contributed by atoms with Crippen LogP contribution in [0.15, 0.2) is 6.07 Å². The molecule has 0 bridgehead atoms. The minimum absolute atomic E-state index is 0.249. The van der Waals surface area contributed by atoms with Crippen LogP contribution in [0.4, 0.5) is 24.8 Å². The summed E-state index contributed by atoms with van der Waals surface area (Å²) in [5.41, 5.74) is 10.1. The van der Waals surface area contributed by atoms with Crippen molar-refractivity contribution >= 4 is 11.6 Å². The molecule has 0 aromatic carbocycles. The molecule has 0 unspecified atom stereocenters. The van der Waals surface area contributed by atoms with Crippen molar-refractivity contribution in [2.24, 2.45) is 5.73 Å². The molecule has 0 spiro atoms. The number of alkyl halides is 3. The first-order valence-corrected chi connectivity index (χ1v) is 4.14. The maximum Gasteiger partial charge on any atom is 0.573 e. The molecule has 4 N–H and O–H groups in total. The average Bonchev–Trinajstić information content (AvgIpc) is 2.17. The molecule has 1 rings (SSSR count). The van der Waals surface area contributed by atoms with E-state index in [4.69, 9.17) is 11.5 Å². The second-order valence-corrected chi connectivity index (χ2v) is 2.87. The summed E-state index contributed by atoms with van der Waals surface area (Å²) in [6, 6.07) is 0.980. The SMILES string of the molecule is NCc1cc(N)nc([N+](=O)[O-])c1OC(F)(F)F. The molecule has 0 saturated carbocycles. The van der Waals surface area contributed by atoms with Crippen LogP contribution < -0.4 is 16.2 Å². The van der Waals surface area contributed by atoms with Crippen molar-refractivity contribution in [3.63, 3.8) is 0 Å². The normalized spacial score (nSPS) is 11.3. The zero-order chi connectivity index (χ0) is 13.2. The Bertz CT molecular complexity index is 449. The molecule has 17 heavy (non-hydrogen) atoms. The van der Waals surface area contributed by atoms with Gasteiger partial charge in [0.2, 0.25) is 11.6 Å². The Labute approximate surface area is 92.3 Å². The van der Waals surface area contributed by atoms with E-state index in [0.717, 1.165) is 6.07 Å². The summed E-state index contributed by atoms with van der Waals surface area (Å²) in [7, 11) is 0. The van der Waals surface area contributed by atoms with E-state index in [1.165, 1.54) is 0 Å². The van der Waals surface area contributed by atoms with E-state index in [2.05, 4.69) is 9.72 Å². The number of rotatable bonds is 3. The van der Waals surface area contributed by atoms with Gasteiger partial charge in [-0.25, -0.2) is 0 Å². The molecular formula is C7H7F3N4O3. The van der Waals surface area contributed by atoms with Crippen LogP contribution in [0.1, 0.15) is 5.56 Å². The second-order valence-electron chi connectivity index (χ2n) is 2.87. The Morgan fingerprint density at radius 1 is 1.53 bits per heavy atom. The van der Waals surface area contributed by atoms with Crippen LogP contribution in [-0.2, 0) is 6.54 Å². The van der Waals surface area contributed by atoms with Crippen molar-refractivity contribution < 1.29 is 22.8 Å². The fourth-order valence-electron chi connectivity index (χ4n) is 1.10. The number of nitrogens with zero attached hydrogens (tertiary/aromatic N) is 2. The quantitative estimate of drug-likeness (QED) is 0.610. The molecule has 0 atom stereocenters. The molecule has 1 aromatic rings. The summed E-state index contributed by atoms with van der Waals surface area (Å²) in [5, 5.41) is 10.5. The zero-order valence-electron chi connectivity index (χ0n) is 8.19. The van der Waals surface area contributed by atoms with Crippen LogP contribution >= 0.6 is 0 Å². The number of nitrogens with two attached hydrogens (primary N) is 2. The van der Waals surface area contributed by atoms with Crippen molar-refractivity contribution in [1.29, 1.82) is 0 Å². The van der Waals surface area contributed by atoms with E-state index in [1.807, 2.05) is 0 Å². The van der Waals surface area contributed by atoms with Gasteiger partial charge in [0.1, 0.15) is 0 Å². The Kier molecular flexibility index (Phi) is 3.36. The van der Waals surface area contributed by atoms with Gasteiger partial charge >= 0.3 is 12.2 Å². The first kappa shape index (κ1) is 13.0. The fourth-order valence-corrected chi connectivity index (χ4v) is 1.10. The first-order valence-electron chi connectivity index (χ1n) is 4.14. The largest absolute Gasteiger partial charge is 0.573 e. The monoisotopic (exact) mass is 252 g/mol. The molecule has 0 radical (unpaired) electrons. The Morgan fingerprint density at radius 2 is 2.12 bits per heavy atom. The molecule has 1 heterocycles. The topological polar surface area (TPSA) is 117 Å². The number of aromatic nitrogens is 1. The lowest BCUT2D eigenvalue weighted by Crippen LogP contribution is -2.20. The summed E-state index contributed by atoms with van der Waals surface area (Å²) in [4.78, 5) is 12.6. The highest BCUT2D eigenvalue weighted by Gasteiger charge is 2.36. The maximum atomic E-state index is 12.1. The van der Waals surface area contributed by atoms with Crippen molar-refractivity contribution in [2.75, 3.05) is 5.73 Å². The number of hydrogen-bond donors (Lipinski definition) is 2. The third-order valence-electron chi connectivity index (χ3n) is 1.66. The van der Waals surface area contributed by atoms with Crippen molar-refractivity contribution in [3.05, 3.63) is 21.7 Å². The summed E-state index contributed by atoms with van der Waals surface area (Å²) in [6.07, 6.45) is -5.08. The van der Waals surface area contributed by atoms with Crippen LogP contribution in [0.5, 0.6) is 5.75 Å².